The highest BCUT2D eigenvalue weighted by molar-refractivity contribution is 5.95. The molecule has 0 aliphatic carbocycles. The van der Waals surface area contributed by atoms with Crippen LogP contribution in [0.1, 0.15) is 22.3 Å². The Hall–Kier alpha value is -3.39. The summed E-state index contributed by atoms with van der Waals surface area (Å²) in [6, 6.07) is 14.6. The first-order valence-electron chi connectivity index (χ1n) is 10.7. The molecule has 3 amide bonds. The maximum Gasteiger partial charge on any atom is 0.254 e. The normalized spacial score (nSPS) is 13.4. The summed E-state index contributed by atoms with van der Waals surface area (Å²) in [5.41, 5.74) is 3.13. The zero-order valence-corrected chi connectivity index (χ0v) is 18.6. The van der Waals surface area contributed by atoms with E-state index in [0.717, 1.165) is 11.3 Å². The first-order chi connectivity index (χ1) is 15.4. The number of nitrogens with one attached hydrogen (secondary N) is 2. The van der Waals surface area contributed by atoms with Gasteiger partial charge in [-0.15, -0.1) is 0 Å². The van der Waals surface area contributed by atoms with Crippen LogP contribution >= 0.6 is 0 Å². The highest BCUT2D eigenvalue weighted by Crippen LogP contribution is 2.14. The molecule has 1 heterocycles. The number of anilines is 2. The monoisotopic (exact) mass is 438 g/mol. The molecule has 170 valence electrons. The number of nitrogens with zero attached hydrogens (tertiary/aromatic N) is 2. The van der Waals surface area contributed by atoms with Crippen LogP contribution in [0.15, 0.2) is 48.5 Å². The van der Waals surface area contributed by atoms with Gasteiger partial charge in [0.1, 0.15) is 0 Å². The minimum atomic E-state index is -0.172. The fourth-order valence-electron chi connectivity index (χ4n) is 3.30. The highest BCUT2D eigenvalue weighted by atomic mass is 16.5. The van der Waals surface area contributed by atoms with Crippen LogP contribution in [-0.2, 0) is 20.7 Å². The van der Waals surface area contributed by atoms with Crippen molar-refractivity contribution in [2.75, 3.05) is 57.6 Å². The average Bonchev–Trinajstić information content (AvgIpc) is 2.82. The molecule has 8 nitrogen and oxygen atoms in total. The van der Waals surface area contributed by atoms with E-state index in [1.807, 2.05) is 24.3 Å². The van der Waals surface area contributed by atoms with Crippen LogP contribution in [0.3, 0.4) is 0 Å². The molecule has 2 aromatic carbocycles. The first-order valence-corrected chi connectivity index (χ1v) is 10.7. The summed E-state index contributed by atoms with van der Waals surface area (Å²) in [4.78, 5) is 39.8. The van der Waals surface area contributed by atoms with E-state index < -0.39 is 0 Å². The van der Waals surface area contributed by atoms with E-state index >= 15 is 0 Å². The van der Waals surface area contributed by atoms with Crippen molar-refractivity contribution >= 4 is 29.1 Å². The van der Waals surface area contributed by atoms with Crippen LogP contribution in [0.2, 0.25) is 0 Å². The summed E-state index contributed by atoms with van der Waals surface area (Å²) in [6.45, 7) is 2.46. The van der Waals surface area contributed by atoms with Gasteiger partial charge in [-0.3, -0.25) is 14.4 Å². The van der Waals surface area contributed by atoms with E-state index in [4.69, 9.17) is 4.74 Å². The Balaban J connectivity index is 1.43. The zero-order chi connectivity index (χ0) is 22.9. The SMILES string of the molecule is CN(C)C(=O)CCc1ccc(NC(=O)CNc2ccc(C(=O)N3CCOCC3)cc2)cc1. The number of carbonyl (C=O) groups excluding carboxylic acids is 3. The quantitative estimate of drug-likeness (QED) is 0.660. The van der Waals surface area contributed by atoms with Crippen LogP contribution in [0.25, 0.3) is 0 Å². The van der Waals surface area contributed by atoms with E-state index in [-0.39, 0.29) is 24.3 Å². The second-order valence-electron chi connectivity index (χ2n) is 7.87. The highest BCUT2D eigenvalue weighted by Gasteiger charge is 2.18. The molecule has 0 spiro atoms. The van der Waals surface area contributed by atoms with E-state index in [1.165, 1.54) is 0 Å². The van der Waals surface area contributed by atoms with Gasteiger partial charge >= 0.3 is 0 Å². The Morgan fingerprint density at radius 1 is 0.938 bits per heavy atom. The van der Waals surface area contributed by atoms with Gasteiger partial charge < -0.3 is 25.2 Å². The number of aryl methyl sites for hydroxylation is 1. The summed E-state index contributed by atoms with van der Waals surface area (Å²) in [5.74, 6) is -0.0897. The van der Waals surface area contributed by atoms with Gasteiger partial charge in [0.2, 0.25) is 11.8 Å². The fourth-order valence-corrected chi connectivity index (χ4v) is 3.30. The Morgan fingerprint density at radius 3 is 2.19 bits per heavy atom. The molecule has 2 N–H and O–H groups in total. The second-order valence-corrected chi connectivity index (χ2v) is 7.87. The van der Waals surface area contributed by atoms with Gasteiger partial charge in [-0.1, -0.05) is 12.1 Å². The Bertz CT molecular complexity index is 920. The predicted molar refractivity (Wildman–Crippen MR) is 124 cm³/mol. The maximum absolute atomic E-state index is 12.5. The maximum atomic E-state index is 12.5. The van der Waals surface area contributed by atoms with Gasteiger partial charge in [0.25, 0.3) is 5.91 Å². The van der Waals surface area contributed by atoms with Crippen LogP contribution in [0, 0.1) is 0 Å². The summed E-state index contributed by atoms with van der Waals surface area (Å²) in [5, 5.41) is 5.91. The van der Waals surface area contributed by atoms with Gasteiger partial charge in [0.05, 0.1) is 19.8 Å². The first kappa shape index (κ1) is 23.3. The predicted octanol–water partition coefficient (Wildman–Crippen LogP) is 2.23. The molecule has 0 radical (unpaired) electrons. The van der Waals surface area contributed by atoms with Crippen molar-refractivity contribution in [3.63, 3.8) is 0 Å². The minimum Gasteiger partial charge on any atom is -0.378 e. The molecule has 32 heavy (non-hydrogen) atoms. The lowest BCUT2D eigenvalue weighted by atomic mass is 10.1. The van der Waals surface area contributed by atoms with Gasteiger partial charge in [-0.25, -0.2) is 0 Å². The lowest BCUT2D eigenvalue weighted by molar-refractivity contribution is -0.128. The molecular formula is C24H30N4O4. The molecular weight excluding hydrogens is 408 g/mol. The number of hydrogen-bond acceptors (Lipinski definition) is 5. The number of benzene rings is 2. The largest absolute Gasteiger partial charge is 0.378 e. The third-order valence-corrected chi connectivity index (χ3v) is 5.25. The number of carbonyl (C=O) groups is 3. The number of ether oxygens (including phenoxy) is 1. The lowest BCUT2D eigenvalue weighted by Crippen LogP contribution is -2.40. The number of hydrogen-bond donors (Lipinski definition) is 2. The smallest absolute Gasteiger partial charge is 0.254 e. The fraction of sp³-hybridized carbons (Fsp3) is 0.375. The van der Waals surface area contributed by atoms with E-state index in [2.05, 4.69) is 10.6 Å². The number of amides is 3. The Labute approximate surface area is 188 Å². The van der Waals surface area contributed by atoms with Gasteiger partial charge in [0.15, 0.2) is 0 Å². The summed E-state index contributed by atoms with van der Waals surface area (Å²) < 4.78 is 5.28. The van der Waals surface area contributed by atoms with Gasteiger partial charge in [-0.2, -0.15) is 0 Å². The third-order valence-electron chi connectivity index (χ3n) is 5.25. The molecule has 0 aromatic heterocycles. The molecule has 1 saturated heterocycles. The molecule has 8 heteroatoms. The number of rotatable bonds is 8. The van der Waals surface area contributed by atoms with Crippen molar-refractivity contribution < 1.29 is 19.1 Å². The topological polar surface area (TPSA) is 91.0 Å². The van der Waals surface area contributed by atoms with Crippen molar-refractivity contribution in [2.24, 2.45) is 0 Å². The van der Waals surface area contributed by atoms with Gasteiger partial charge in [0, 0.05) is 50.5 Å². The molecule has 0 saturated carbocycles. The van der Waals surface area contributed by atoms with E-state index in [1.54, 1.807) is 48.2 Å². The van der Waals surface area contributed by atoms with E-state index in [0.29, 0.717) is 50.4 Å². The molecule has 0 bridgehead atoms. The van der Waals surface area contributed by atoms with Crippen LogP contribution in [0.4, 0.5) is 11.4 Å². The summed E-state index contributed by atoms with van der Waals surface area (Å²) in [6.07, 6.45) is 1.12. The van der Waals surface area contributed by atoms with Crippen LogP contribution in [-0.4, -0.2) is 74.5 Å². The average molecular weight is 439 g/mol. The zero-order valence-electron chi connectivity index (χ0n) is 18.6. The molecule has 3 rings (SSSR count). The van der Waals surface area contributed by atoms with Crippen molar-refractivity contribution in [2.45, 2.75) is 12.8 Å². The summed E-state index contributed by atoms with van der Waals surface area (Å²) >= 11 is 0. The number of morpholine rings is 1. The minimum absolute atomic E-state index is 0.00730. The second kappa shape index (κ2) is 11.3. The van der Waals surface area contributed by atoms with E-state index in [9.17, 15) is 14.4 Å². The standard InChI is InChI=1S/C24H30N4O4/c1-27(2)23(30)12-5-18-3-8-21(9-4-18)26-22(29)17-25-20-10-6-19(7-11-20)24(31)28-13-15-32-16-14-28/h3-4,6-11,25H,5,12-17H2,1-2H3,(H,26,29). The van der Waals surface area contributed by atoms with Crippen molar-refractivity contribution in [1.29, 1.82) is 0 Å². The third kappa shape index (κ3) is 6.81. The molecule has 0 atom stereocenters. The van der Waals surface area contributed by atoms with Crippen molar-refractivity contribution in [3.05, 3.63) is 59.7 Å². The summed E-state index contributed by atoms with van der Waals surface area (Å²) in [7, 11) is 3.49. The molecule has 1 aliphatic heterocycles. The Kier molecular flexibility index (Phi) is 8.21. The van der Waals surface area contributed by atoms with Crippen LogP contribution < -0.4 is 10.6 Å². The van der Waals surface area contributed by atoms with Gasteiger partial charge in [-0.05, 0) is 48.4 Å². The van der Waals surface area contributed by atoms with Crippen molar-refractivity contribution in [1.82, 2.24) is 9.80 Å². The Morgan fingerprint density at radius 2 is 1.56 bits per heavy atom. The van der Waals surface area contributed by atoms with Crippen LogP contribution in [0.5, 0.6) is 0 Å². The molecule has 0 unspecified atom stereocenters. The van der Waals surface area contributed by atoms with Crippen molar-refractivity contribution in [3.8, 4) is 0 Å². The lowest BCUT2D eigenvalue weighted by Gasteiger charge is -2.26. The molecule has 1 aliphatic rings. The molecule has 2 aromatic rings. The molecule has 1 fully saturated rings.